The predicted octanol–water partition coefficient (Wildman–Crippen LogP) is 6.23. The Hall–Kier alpha value is -2.05. The molecule has 0 aromatic heterocycles. The van der Waals surface area contributed by atoms with E-state index in [4.69, 9.17) is 20.4 Å². The van der Waals surface area contributed by atoms with Crippen molar-refractivity contribution in [1.29, 1.82) is 0 Å². The van der Waals surface area contributed by atoms with Gasteiger partial charge in [0.1, 0.15) is 27.1 Å². The molecule has 0 aliphatic rings. The molecular formula is C20H13B2F7INO3S. The second kappa shape index (κ2) is 12.3. The highest BCUT2D eigenvalue weighted by Crippen LogP contribution is 2.43. The Morgan fingerprint density at radius 3 is 2.03 bits per heavy atom. The number of aliphatic hydroxyl groups is 1. The van der Waals surface area contributed by atoms with Crippen molar-refractivity contribution in [3.8, 4) is 16.9 Å². The lowest BCUT2D eigenvalue weighted by atomic mass is 9.72. The van der Waals surface area contributed by atoms with Crippen LogP contribution in [0.15, 0.2) is 36.4 Å². The van der Waals surface area contributed by atoms with Crippen LogP contribution in [0.1, 0.15) is 30.5 Å². The number of carbonyl (C=O) groups excluding carboxylic acids is 1. The molecule has 0 heterocycles. The molecule has 0 atom stereocenters. The smallest absolute Gasteiger partial charge is 0.408 e. The number of carbonyl (C=O) groups is 1. The topological polar surface area (TPSA) is 49.8 Å². The van der Waals surface area contributed by atoms with Gasteiger partial charge in [0.2, 0.25) is 0 Å². The van der Waals surface area contributed by atoms with Crippen molar-refractivity contribution >= 4 is 57.6 Å². The van der Waals surface area contributed by atoms with E-state index in [0.29, 0.717) is 0 Å². The fourth-order valence-electron chi connectivity index (χ4n) is 2.46. The number of benzene rings is 2. The van der Waals surface area contributed by atoms with Crippen LogP contribution in [0, 0.1) is 17.0 Å². The van der Waals surface area contributed by atoms with E-state index >= 15 is 0 Å². The van der Waals surface area contributed by atoms with Crippen LogP contribution in [-0.2, 0) is 12.4 Å². The van der Waals surface area contributed by atoms with E-state index in [1.54, 1.807) is 21.2 Å². The summed E-state index contributed by atoms with van der Waals surface area (Å²) in [5.41, 5.74) is -8.04. The quantitative estimate of drug-likeness (QED) is 0.144. The van der Waals surface area contributed by atoms with Crippen LogP contribution < -0.4 is 9.64 Å². The number of ether oxygens (including phenoxy) is 1. The highest BCUT2D eigenvalue weighted by Gasteiger charge is 2.42. The van der Waals surface area contributed by atoms with Crippen molar-refractivity contribution in [3.05, 3.63) is 58.9 Å². The number of nitrogens with zero attached hydrogens (tertiary/aromatic N) is 1. The van der Waals surface area contributed by atoms with Crippen LogP contribution in [0.3, 0.4) is 0 Å². The number of alkyl halides is 6. The molecule has 15 heteroatoms. The lowest BCUT2D eigenvalue weighted by Gasteiger charge is -2.34. The van der Waals surface area contributed by atoms with E-state index in [9.17, 15) is 40.6 Å². The van der Waals surface area contributed by atoms with Gasteiger partial charge in [-0.3, -0.25) is 4.90 Å². The molecule has 2 aromatic carbocycles. The molecule has 0 aliphatic carbocycles. The van der Waals surface area contributed by atoms with Gasteiger partial charge in [-0.1, -0.05) is 19.8 Å². The van der Waals surface area contributed by atoms with Gasteiger partial charge >= 0.3 is 18.4 Å². The second-order valence-electron chi connectivity index (χ2n) is 6.16. The lowest BCUT2D eigenvalue weighted by Crippen LogP contribution is -2.54. The van der Waals surface area contributed by atoms with Gasteiger partial charge in [-0.2, -0.15) is 26.3 Å². The van der Waals surface area contributed by atoms with E-state index in [0.717, 1.165) is 33.2 Å². The van der Waals surface area contributed by atoms with Gasteiger partial charge in [0, 0.05) is 26.9 Å². The zero-order valence-corrected chi connectivity index (χ0v) is 20.7. The van der Waals surface area contributed by atoms with Gasteiger partial charge in [0.25, 0.3) is 0 Å². The normalized spacial score (nSPS) is 11.5. The molecule has 2 rings (SSSR count). The number of hydrogen-bond donors (Lipinski definition) is 1. The summed E-state index contributed by atoms with van der Waals surface area (Å²) in [7, 11) is 11.3. The average molecular weight is 629 g/mol. The Labute approximate surface area is 215 Å². The lowest BCUT2D eigenvalue weighted by molar-refractivity contribution is -0.143. The summed E-state index contributed by atoms with van der Waals surface area (Å²) in [5.74, 6) is -0.104. The third kappa shape index (κ3) is 8.53. The highest BCUT2D eigenvalue weighted by molar-refractivity contribution is 14.2. The summed E-state index contributed by atoms with van der Waals surface area (Å²) < 4.78 is 98.2. The maximum Gasteiger partial charge on any atom is 0.420 e. The van der Waals surface area contributed by atoms with Crippen LogP contribution >= 0.6 is 30.1 Å². The minimum atomic E-state index is -5.41. The summed E-state index contributed by atoms with van der Waals surface area (Å²) >= 11 is 1.62. The first-order valence-electron chi connectivity index (χ1n) is 9.24. The number of rotatable bonds is 3. The Kier molecular flexibility index (Phi) is 10.9. The van der Waals surface area contributed by atoms with Gasteiger partial charge < -0.3 is 9.84 Å². The number of amides is 1. The highest BCUT2D eigenvalue weighted by atomic mass is 127. The fourth-order valence-corrected chi connectivity index (χ4v) is 2.94. The van der Waals surface area contributed by atoms with Gasteiger partial charge in [0.15, 0.2) is 5.75 Å². The van der Waals surface area contributed by atoms with Crippen LogP contribution in [0.25, 0.3) is 0 Å². The molecule has 35 heavy (non-hydrogen) atoms. The van der Waals surface area contributed by atoms with Crippen molar-refractivity contribution in [2.24, 2.45) is 0 Å². The van der Waals surface area contributed by atoms with E-state index in [-0.39, 0.29) is 17.0 Å². The molecule has 184 valence electrons. The van der Waals surface area contributed by atoms with Crippen LogP contribution in [0.2, 0.25) is 0 Å². The third-order valence-corrected chi connectivity index (χ3v) is 4.60. The molecule has 2 aromatic rings. The van der Waals surface area contributed by atoms with Crippen molar-refractivity contribution in [2.45, 2.75) is 31.7 Å². The van der Waals surface area contributed by atoms with Crippen LogP contribution in [0.4, 0.5) is 41.2 Å². The van der Waals surface area contributed by atoms with Crippen molar-refractivity contribution in [2.75, 3.05) is 4.90 Å². The molecule has 0 unspecified atom stereocenters. The zero-order valence-electron chi connectivity index (χ0n) is 17.8. The number of hydrogen-bond acceptors (Lipinski definition) is 4. The molecule has 0 bridgehead atoms. The second-order valence-corrected chi connectivity index (χ2v) is 7.84. The van der Waals surface area contributed by atoms with Gasteiger partial charge in [0.05, 0.1) is 16.7 Å². The van der Waals surface area contributed by atoms with Gasteiger partial charge in [-0.25, -0.2) is 9.18 Å². The summed E-state index contributed by atoms with van der Waals surface area (Å²) in [6.45, 7) is 4.00. The number of anilines is 1. The van der Waals surface area contributed by atoms with Crippen molar-refractivity contribution < 1.29 is 45.4 Å². The molecule has 4 radical (unpaired) electrons. The molecule has 4 nitrogen and oxygen atoms in total. The van der Waals surface area contributed by atoms with Crippen molar-refractivity contribution in [3.63, 3.8) is 0 Å². The Morgan fingerprint density at radius 1 is 1.06 bits per heavy atom. The SMILES string of the molecule is CC.[B]C([B])(O)N(C(=O)Oc1c(C#CSI)cc(C(F)(F)F)cc1C(F)(F)F)c1ccc(F)cc1. The molecule has 0 spiro atoms. The largest absolute Gasteiger partial charge is 0.420 e. The van der Waals surface area contributed by atoms with E-state index < -0.39 is 57.9 Å². The molecule has 0 saturated heterocycles. The van der Waals surface area contributed by atoms with Gasteiger partial charge in [-0.05, 0) is 50.6 Å². The molecule has 1 N–H and O–H groups in total. The van der Waals surface area contributed by atoms with E-state index in [2.05, 4.69) is 11.2 Å². The molecule has 0 aliphatic heterocycles. The first kappa shape index (κ1) is 31.0. The minimum Gasteiger partial charge on any atom is -0.408 e. The molecule has 0 saturated carbocycles. The molecule has 0 fully saturated rings. The predicted molar refractivity (Wildman–Crippen MR) is 128 cm³/mol. The first-order chi connectivity index (χ1) is 16.1. The molecular weight excluding hydrogens is 616 g/mol. The standard InChI is InChI=1S/C18H7B2F7INO3S.C2H6/c19-18(20,31)29(12-3-1-11(21)2-4-12)15(30)32-14-9(5-6-33-28)7-10(16(22,23)24)8-13(14)17(25,26)27;1-2/h1-4,7-8,31H;1-2H3. The van der Waals surface area contributed by atoms with E-state index in [1.165, 1.54) is 0 Å². The van der Waals surface area contributed by atoms with Crippen LogP contribution in [0.5, 0.6) is 5.75 Å². The van der Waals surface area contributed by atoms with Crippen molar-refractivity contribution in [1.82, 2.24) is 0 Å². The minimum absolute atomic E-state index is 0.0640. The Balaban J connectivity index is 0.00000298. The monoisotopic (exact) mass is 629 g/mol. The molecule has 1 amide bonds. The van der Waals surface area contributed by atoms with E-state index in [1.807, 2.05) is 13.8 Å². The first-order valence-corrected chi connectivity index (χ1v) is 12.6. The summed E-state index contributed by atoms with van der Waals surface area (Å²) in [4.78, 5) is 12.7. The fraction of sp³-hybridized carbons (Fsp3) is 0.250. The maximum absolute atomic E-state index is 13.6. The van der Waals surface area contributed by atoms with Crippen LogP contribution in [-0.4, -0.2) is 32.4 Å². The van der Waals surface area contributed by atoms with Gasteiger partial charge in [-0.15, -0.1) is 0 Å². The summed E-state index contributed by atoms with van der Waals surface area (Å²) in [6, 6.07) is 3.42. The summed E-state index contributed by atoms with van der Waals surface area (Å²) in [6.07, 6.45) is -12.4. The Bertz CT molecular complexity index is 1100. The zero-order chi connectivity index (χ0) is 27.2. The summed E-state index contributed by atoms with van der Waals surface area (Å²) in [5, 5.41) is 12.1. The number of halogens is 8. The maximum atomic E-state index is 13.6. The Morgan fingerprint density at radius 2 is 1.60 bits per heavy atom. The third-order valence-electron chi connectivity index (χ3n) is 3.76. The average Bonchev–Trinajstić information content (AvgIpc) is 2.73.